The van der Waals surface area contributed by atoms with Crippen molar-refractivity contribution in [1.29, 1.82) is 0 Å². The van der Waals surface area contributed by atoms with Gasteiger partial charge in [-0.2, -0.15) is 4.31 Å². The summed E-state index contributed by atoms with van der Waals surface area (Å²) in [5.41, 5.74) is 2.49. The highest BCUT2D eigenvalue weighted by molar-refractivity contribution is 7.89. The lowest BCUT2D eigenvalue weighted by Crippen LogP contribution is -2.53. The molecule has 34 heavy (non-hydrogen) atoms. The molecule has 8 heteroatoms. The Kier molecular flexibility index (Phi) is 5.75. The Hall–Kier alpha value is -3.07. The van der Waals surface area contributed by atoms with Crippen molar-refractivity contribution in [1.82, 2.24) is 9.21 Å². The summed E-state index contributed by atoms with van der Waals surface area (Å²) in [4.78, 5) is 29.5. The number of anilines is 1. The molecule has 7 nitrogen and oxygen atoms in total. The van der Waals surface area contributed by atoms with Crippen molar-refractivity contribution >= 4 is 38.3 Å². The van der Waals surface area contributed by atoms with Gasteiger partial charge in [0.25, 0.3) is 5.91 Å². The molecule has 2 aliphatic rings. The number of amides is 2. The van der Waals surface area contributed by atoms with E-state index < -0.39 is 16.1 Å². The molecule has 0 radical (unpaired) electrons. The lowest BCUT2D eigenvalue weighted by atomic mass is 10.1. The average Bonchev–Trinajstić information content (AvgIpc) is 3.14. The van der Waals surface area contributed by atoms with Gasteiger partial charge in [0.15, 0.2) is 0 Å². The number of hydrogen-bond donors (Lipinski definition) is 0. The minimum Gasteiger partial charge on any atom is -0.289 e. The van der Waals surface area contributed by atoms with Gasteiger partial charge in [0, 0.05) is 26.2 Å². The standard InChI is InChI=1S/C26H27N3O4S/c1-18-7-8-19(2)23(15-18)29-25(30)17-24(26(29)31)27-11-13-28(14-12-27)34(32,33)22-10-9-20-5-3-4-6-21(20)16-22/h3-10,15-16,24H,11-14,17H2,1-2H3. The van der Waals surface area contributed by atoms with Crippen molar-refractivity contribution in [2.45, 2.75) is 31.2 Å². The van der Waals surface area contributed by atoms with Gasteiger partial charge < -0.3 is 0 Å². The van der Waals surface area contributed by atoms with Gasteiger partial charge in [-0.3, -0.25) is 14.5 Å². The van der Waals surface area contributed by atoms with E-state index in [-0.39, 0.29) is 36.2 Å². The number of benzene rings is 3. The summed E-state index contributed by atoms with van der Waals surface area (Å²) in [6, 6.07) is 18.0. The molecule has 2 aliphatic heterocycles. The molecule has 176 valence electrons. The van der Waals surface area contributed by atoms with Gasteiger partial charge in [0.2, 0.25) is 15.9 Å². The molecule has 2 saturated heterocycles. The van der Waals surface area contributed by atoms with Gasteiger partial charge in [0.05, 0.1) is 23.0 Å². The van der Waals surface area contributed by atoms with Crippen LogP contribution in [-0.2, 0) is 19.6 Å². The van der Waals surface area contributed by atoms with E-state index in [0.717, 1.165) is 21.9 Å². The topological polar surface area (TPSA) is 78.0 Å². The van der Waals surface area contributed by atoms with Crippen LogP contribution in [0.1, 0.15) is 17.5 Å². The predicted octanol–water partition coefficient (Wildman–Crippen LogP) is 3.10. The predicted molar refractivity (Wildman–Crippen MR) is 131 cm³/mol. The summed E-state index contributed by atoms with van der Waals surface area (Å²) in [6.07, 6.45) is 0.115. The fourth-order valence-electron chi connectivity index (χ4n) is 4.85. The van der Waals surface area contributed by atoms with Crippen LogP contribution >= 0.6 is 0 Å². The van der Waals surface area contributed by atoms with Crippen LogP contribution in [0.2, 0.25) is 0 Å². The largest absolute Gasteiger partial charge is 0.289 e. The number of aryl methyl sites for hydroxylation is 2. The Morgan fingerprint density at radius 2 is 1.53 bits per heavy atom. The fourth-order valence-corrected chi connectivity index (χ4v) is 6.31. The Labute approximate surface area is 199 Å². The smallest absolute Gasteiger partial charge is 0.251 e. The van der Waals surface area contributed by atoms with Crippen LogP contribution in [0.3, 0.4) is 0 Å². The molecule has 0 aromatic heterocycles. The van der Waals surface area contributed by atoms with E-state index in [1.165, 1.54) is 9.21 Å². The van der Waals surface area contributed by atoms with Gasteiger partial charge in [-0.05, 0) is 53.9 Å². The van der Waals surface area contributed by atoms with Crippen molar-refractivity contribution in [3.63, 3.8) is 0 Å². The summed E-state index contributed by atoms with van der Waals surface area (Å²) < 4.78 is 28.0. The zero-order chi connectivity index (χ0) is 24.0. The quantitative estimate of drug-likeness (QED) is 0.540. The lowest BCUT2D eigenvalue weighted by molar-refractivity contribution is -0.123. The van der Waals surface area contributed by atoms with E-state index in [0.29, 0.717) is 18.8 Å². The summed E-state index contributed by atoms with van der Waals surface area (Å²) in [5.74, 6) is -0.445. The Balaban J connectivity index is 1.30. The number of hydrogen-bond acceptors (Lipinski definition) is 5. The third-order valence-electron chi connectivity index (χ3n) is 6.80. The molecule has 0 bridgehead atoms. The number of rotatable bonds is 4. The summed E-state index contributed by atoms with van der Waals surface area (Å²) in [7, 11) is -3.64. The monoisotopic (exact) mass is 477 g/mol. The van der Waals surface area contributed by atoms with Gasteiger partial charge in [0.1, 0.15) is 0 Å². The van der Waals surface area contributed by atoms with E-state index in [1.54, 1.807) is 12.1 Å². The highest BCUT2D eigenvalue weighted by Crippen LogP contribution is 2.30. The van der Waals surface area contributed by atoms with Crippen LogP contribution in [0.5, 0.6) is 0 Å². The third-order valence-corrected chi connectivity index (χ3v) is 8.70. The maximum absolute atomic E-state index is 13.3. The fraction of sp³-hybridized carbons (Fsp3) is 0.308. The van der Waals surface area contributed by atoms with Crippen LogP contribution in [0, 0.1) is 13.8 Å². The van der Waals surface area contributed by atoms with Crippen LogP contribution in [0.4, 0.5) is 5.69 Å². The first kappa shape index (κ1) is 22.7. The molecule has 2 fully saturated rings. The normalized spacial score (nSPS) is 20.4. The van der Waals surface area contributed by atoms with Crippen molar-refractivity contribution in [3.8, 4) is 0 Å². The highest BCUT2D eigenvalue weighted by atomic mass is 32.2. The van der Waals surface area contributed by atoms with Crippen LogP contribution < -0.4 is 4.90 Å². The second kappa shape index (κ2) is 8.61. The Morgan fingerprint density at radius 1 is 0.824 bits per heavy atom. The molecular formula is C26H27N3O4S. The van der Waals surface area contributed by atoms with Gasteiger partial charge in [-0.25, -0.2) is 13.3 Å². The molecular weight excluding hydrogens is 450 g/mol. The van der Waals surface area contributed by atoms with Crippen molar-refractivity contribution in [3.05, 3.63) is 71.8 Å². The Bertz CT molecular complexity index is 1390. The number of fused-ring (bicyclic) bond motifs is 1. The first-order valence-corrected chi connectivity index (χ1v) is 12.9. The molecule has 1 unspecified atom stereocenters. The second-order valence-electron chi connectivity index (χ2n) is 9.03. The van der Waals surface area contributed by atoms with Crippen molar-refractivity contribution in [2.24, 2.45) is 0 Å². The molecule has 5 rings (SSSR count). The Morgan fingerprint density at radius 3 is 2.26 bits per heavy atom. The molecule has 3 aromatic carbocycles. The van der Waals surface area contributed by atoms with Gasteiger partial charge in [-0.15, -0.1) is 0 Å². The maximum Gasteiger partial charge on any atom is 0.251 e. The van der Waals surface area contributed by atoms with Gasteiger partial charge in [-0.1, -0.05) is 42.5 Å². The van der Waals surface area contributed by atoms with Crippen LogP contribution in [0.25, 0.3) is 10.8 Å². The number of carbonyl (C=O) groups excluding carboxylic acids is 2. The summed E-state index contributed by atoms with van der Waals surface area (Å²) in [5, 5.41) is 1.87. The molecule has 0 aliphatic carbocycles. The van der Waals surface area contributed by atoms with Gasteiger partial charge >= 0.3 is 0 Å². The molecule has 2 heterocycles. The third kappa shape index (κ3) is 3.91. The first-order valence-electron chi connectivity index (χ1n) is 11.4. The van der Waals surface area contributed by atoms with Crippen molar-refractivity contribution in [2.75, 3.05) is 31.1 Å². The first-order chi connectivity index (χ1) is 16.3. The SMILES string of the molecule is Cc1ccc(C)c(N2C(=O)CC(N3CCN(S(=O)(=O)c4ccc5ccccc5c4)CC3)C2=O)c1. The maximum atomic E-state index is 13.3. The van der Waals surface area contributed by atoms with E-state index in [2.05, 4.69) is 0 Å². The number of sulfonamides is 1. The lowest BCUT2D eigenvalue weighted by Gasteiger charge is -2.36. The highest BCUT2D eigenvalue weighted by Gasteiger charge is 2.44. The minimum absolute atomic E-state index is 0.115. The average molecular weight is 478 g/mol. The molecule has 3 aromatic rings. The molecule has 0 spiro atoms. The number of carbonyl (C=O) groups is 2. The second-order valence-corrected chi connectivity index (χ2v) is 11.0. The van der Waals surface area contributed by atoms with E-state index in [1.807, 2.05) is 67.3 Å². The zero-order valence-electron chi connectivity index (χ0n) is 19.3. The molecule has 0 N–H and O–H groups in total. The summed E-state index contributed by atoms with van der Waals surface area (Å²) >= 11 is 0. The van der Waals surface area contributed by atoms with Crippen molar-refractivity contribution < 1.29 is 18.0 Å². The van der Waals surface area contributed by atoms with Crippen LogP contribution in [0.15, 0.2) is 65.6 Å². The molecule has 2 amide bonds. The number of imide groups is 1. The number of piperazine rings is 1. The summed E-state index contributed by atoms with van der Waals surface area (Å²) in [6.45, 7) is 5.17. The number of nitrogens with zero attached hydrogens (tertiary/aromatic N) is 3. The van der Waals surface area contributed by atoms with Crippen LogP contribution in [-0.4, -0.2) is 61.7 Å². The van der Waals surface area contributed by atoms with E-state index in [4.69, 9.17) is 0 Å². The molecule has 1 atom stereocenters. The van der Waals surface area contributed by atoms with E-state index >= 15 is 0 Å². The zero-order valence-corrected chi connectivity index (χ0v) is 20.1. The van der Waals surface area contributed by atoms with E-state index in [9.17, 15) is 18.0 Å². The minimum atomic E-state index is -3.64. The molecule has 0 saturated carbocycles.